The summed E-state index contributed by atoms with van der Waals surface area (Å²) < 4.78 is 0.626. The molecule has 0 aliphatic heterocycles. The molecule has 2 rings (SSSR count). The first kappa shape index (κ1) is 8.07. The molecule has 0 aromatic carbocycles. The smallest absolute Gasteiger partial charge is 0.122 e. The largest absolute Gasteiger partial charge is 0.344 e. The average Bonchev–Trinajstić information content (AvgIpc) is 2.19. The molecular formula is C9H7N3S. The van der Waals surface area contributed by atoms with Crippen LogP contribution < -0.4 is 0 Å². The Morgan fingerprint density at radius 3 is 2.77 bits per heavy atom. The van der Waals surface area contributed by atoms with Crippen LogP contribution in [0.1, 0.15) is 0 Å². The lowest BCUT2D eigenvalue weighted by Gasteiger charge is -1.98. The molecule has 64 valence electrons. The average molecular weight is 189 g/mol. The molecule has 1 N–H and O–H groups in total. The zero-order valence-corrected chi connectivity index (χ0v) is 7.58. The van der Waals surface area contributed by atoms with Crippen LogP contribution in [0.3, 0.4) is 0 Å². The molecule has 0 fully saturated rings. The second kappa shape index (κ2) is 3.45. The Balaban J connectivity index is 2.54. The maximum Gasteiger partial charge on any atom is 0.122 e. The Bertz CT molecular complexity index is 450. The van der Waals surface area contributed by atoms with Crippen molar-refractivity contribution in [3.8, 4) is 11.3 Å². The maximum atomic E-state index is 4.96. The van der Waals surface area contributed by atoms with E-state index in [4.69, 9.17) is 12.2 Å². The maximum absolute atomic E-state index is 4.96. The summed E-state index contributed by atoms with van der Waals surface area (Å²) in [5.74, 6) is 0. The van der Waals surface area contributed by atoms with E-state index in [0.29, 0.717) is 4.64 Å². The van der Waals surface area contributed by atoms with E-state index in [0.717, 1.165) is 11.3 Å². The molecule has 0 aliphatic rings. The molecule has 0 bridgehead atoms. The van der Waals surface area contributed by atoms with Gasteiger partial charge in [0.2, 0.25) is 0 Å². The minimum Gasteiger partial charge on any atom is -0.344 e. The molecule has 3 nitrogen and oxygen atoms in total. The minimum atomic E-state index is 0.626. The summed E-state index contributed by atoms with van der Waals surface area (Å²) >= 11 is 4.96. The van der Waals surface area contributed by atoms with E-state index in [1.54, 1.807) is 24.8 Å². The van der Waals surface area contributed by atoms with E-state index in [-0.39, 0.29) is 0 Å². The molecule has 0 saturated carbocycles. The fourth-order valence-electron chi connectivity index (χ4n) is 1.05. The summed E-state index contributed by atoms with van der Waals surface area (Å²) in [6.45, 7) is 0. The van der Waals surface area contributed by atoms with Gasteiger partial charge in [-0.05, 0) is 12.1 Å². The lowest BCUT2D eigenvalue weighted by Crippen LogP contribution is -1.85. The Morgan fingerprint density at radius 1 is 1.15 bits per heavy atom. The van der Waals surface area contributed by atoms with Crippen molar-refractivity contribution in [1.82, 2.24) is 15.0 Å². The van der Waals surface area contributed by atoms with Crippen LogP contribution >= 0.6 is 12.2 Å². The highest BCUT2D eigenvalue weighted by Crippen LogP contribution is 2.12. The Kier molecular flexibility index (Phi) is 2.14. The molecule has 0 aliphatic carbocycles. The third-order valence-electron chi connectivity index (χ3n) is 1.63. The Morgan fingerprint density at radius 2 is 2.08 bits per heavy atom. The monoisotopic (exact) mass is 189 g/mol. The number of hydrogen-bond donors (Lipinski definition) is 1. The van der Waals surface area contributed by atoms with Gasteiger partial charge in [-0.15, -0.1) is 0 Å². The Labute approximate surface area is 80.5 Å². The predicted octanol–water partition coefficient (Wildman–Crippen LogP) is 2.20. The SMILES string of the molecule is S=c1cncc(-c2cccnc2)[nH]1. The van der Waals surface area contributed by atoms with Gasteiger partial charge < -0.3 is 4.98 Å². The van der Waals surface area contributed by atoms with E-state index < -0.39 is 0 Å². The van der Waals surface area contributed by atoms with Gasteiger partial charge in [0.15, 0.2) is 0 Å². The van der Waals surface area contributed by atoms with Gasteiger partial charge in [0.05, 0.1) is 18.1 Å². The fraction of sp³-hybridized carbons (Fsp3) is 0. The van der Waals surface area contributed by atoms with Crippen molar-refractivity contribution in [2.75, 3.05) is 0 Å². The van der Waals surface area contributed by atoms with Gasteiger partial charge in [-0.3, -0.25) is 9.97 Å². The summed E-state index contributed by atoms with van der Waals surface area (Å²) in [6.07, 6.45) is 6.83. The van der Waals surface area contributed by atoms with Gasteiger partial charge in [0.1, 0.15) is 4.64 Å². The summed E-state index contributed by atoms with van der Waals surface area (Å²) in [5.41, 5.74) is 1.88. The molecule has 0 spiro atoms. The first-order chi connectivity index (χ1) is 6.36. The summed E-state index contributed by atoms with van der Waals surface area (Å²) in [7, 11) is 0. The van der Waals surface area contributed by atoms with Crippen LogP contribution in [-0.4, -0.2) is 15.0 Å². The van der Waals surface area contributed by atoms with Crippen molar-refractivity contribution in [2.45, 2.75) is 0 Å². The third-order valence-corrected chi connectivity index (χ3v) is 1.83. The number of nitrogens with zero attached hydrogens (tertiary/aromatic N) is 2. The molecule has 13 heavy (non-hydrogen) atoms. The number of nitrogens with one attached hydrogen (secondary N) is 1. The van der Waals surface area contributed by atoms with Crippen LogP contribution in [0.25, 0.3) is 11.3 Å². The lowest BCUT2D eigenvalue weighted by atomic mass is 10.2. The molecule has 0 radical (unpaired) electrons. The quantitative estimate of drug-likeness (QED) is 0.699. The highest BCUT2D eigenvalue weighted by atomic mass is 32.1. The van der Waals surface area contributed by atoms with Crippen molar-refractivity contribution < 1.29 is 0 Å². The number of rotatable bonds is 1. The van der Waals surface area contributed by atoms with E-state index in [9.17, 15) is 0 Å². The molecule has 0 amide bonds. The molecule has 0 unspecified atom stereocenters. The van der Waals surface area contributed by atoms with E-state index in [1.165, 1.54) is 0 Å². The third kappa shape index (κ3) is 1.78. The predicted molar refractivity (Wildman–Crippen MR) is 52.7 cm³/mol. The first-order valence-corrected chi connectivity index (χ1v) is 4.22. The van der Waals surface area contributed by atoms with Crippen LogP contribution in [0.2, 0.25) is 0 Å². The van der Waals surface area contributed by atoms with Gasteiger partial charge in [0, 0.05) is 18.0 Å². The van der Waals surface area contributed by atoms with Gasteiger partial charge in [-0.2, -0.15) is 0 Å². The normalized spacial score (nSPS) is 9.85. The number of hydrogen-bond acceptors (Lipinski definition) is 3. The van der Waals surface area contributed by atoms with E-state index in [2.05, 4.69) is 15.0 Å². The highest BCUT2D eigenvalue weighted by molar-refractivity contribution is 7.71. The van der Waals surface area contributed by atoms with Gasteiger partial charge in [0.25, 0.3) is 0 Å². The topological polar surface area (TPSA) is 41.6 Å². The van der Waals surface area contributed by atoms with Crippen LogP contribution in [0.15, 0.2) is 36.9 Å². The lowest BCUT2D eigenvalue weighted by molar-refractivity contribution is 1.18. The van der Waals surface area contributed by atoms with Crippen LogP contribution in [0.5, 0.6) is 0 Å². The van der Waals surface area contributed by atoms with E-state index in [1.807, 2.05) is 12.1 Å². The van der Waals surface area contributed by atoms with Crippen LogP contribution in [0.4, 0.5) is 0 Å². The van der Waals surface area contributed by atoms with Crippen molar-refractivity contribution >= 4 is 12.2 Å². The van der Waals surface area contributed by atoms with Crippen LogP contribution in [0, 0.1) is 4.64 Å². The van der Waals surface area contributed by atoms with Gasteiger partial charge >= 0.3 is 0 Å². The molecule has 2 aromatic heterocycles. The van der Waals surface area contributed by atoms with Gasteiger partial charge in [-0.1, -0.05) is 12.2 Å². The highest BCUT2D eigenvalue weighted by Gasteiger charge is 1.95. The standard InChI is InChI=1S/C9H7N3S/c13-9-6-11-5-8(12-9)7-2-1-3-10-4-7/h1-6H,(H,12,13). The molecule has 2 heterocycles. The second-order valence-corrected chi connectivity index (χ2v) is 2.99. The Hall–Kier alpha value is -1.55. The van der Waals surface area contributed by atoms with Crippen molar-refractivity contribution in [2.24, 2.45) is 0 Å². The molecule has 2 aromatic rings. The number of aromatic nitrogens is 3. The van der Waals surface area contributed by atoms with Crippen molar-refractivity contribution in [1.29, 1.82) is 0 Å². The summed E-state index contributed by atoms with van der Waals surface area (Å²) in [4.78, 5) is 11.0. The molecular weight excluding hydrogens is 182 g/mol. The molecule has 0 atom stereocenters. The van der Waals surface area contributed by atoms with Crippen molar-refractivity contribution in [3.05, 3.63) is 41.6 Å². The summed E-state index contributed by atoms with van der Waals surface area (Å²) in [6, 6.07) is 3.83. The first-order valence-electron chi connectivity index (χ1n) is 3.81. The minimum absolute atomic E-state index is 0.626. The number of H-pyrrole nitrogens is 1. The fourth-order valence-corrected chi connectivity index (χ4v) is 1.22. The molecule has 4 heteroatoms. The van der Waals surface area contributed by atoms with Crippen molar-refractivity contribution in [3.63, 3.8) is 0 Å². The summed E-state index contributed by atoms with van der Waals surface area (Å²) in [5, 5.41) is 0. The zero-order chi connectivity index (χ0) is 9.10. The van der Waals surface area contributed by atoms with E-state index >= 15 is 0 Å². The second-order valence-electron chi connectivity index (χ2n) is 2.55. The number of pyridine rings is 1. The number of aromatic amines is 1. The van der Waals surface area contributed by atoms with Crippen LogP contribution in [-0.2, 0) is 0 Å². The van der Waals surface area contributed by atoms with Gasteiger partial charge in [-0.25, -0.2) is 0 Å². The zero-order valence-electron chi connectivity index (χ0n) is 6.77. The molecule has 0 saturated heterocycles.